The number of hydrogen-bond donors (Lipinski definition) is 2. The Morgan fingerprint density at radius 2 is 1.96 bits per heavy atom. The number of hydrogen-bond acceptors (Lipinski definition) is 2. The van der Waals surface area contributed by atoms with E-state index in [1.165, 1.54) is 12.1 Å². The van der Waals surface area contributed by atoms with Gasteiger partial charge in [-0.2, -0.15) is 0 Å². The Morgan fingerprint density at radius 1 is 1.25 bits per heavy atom. The molecule has 0 saturated carbocycles. The minimum absolute atomic E-state index is 0.0174. The molecular formula is C18H26FN3OS. The van der Waals surface area contributed by atoms with Crippen LogP contribution in [0.3, 0.4) is 0 Å². The molecule has 0 aliphatic carbocycles. The fraction of sp³-hybridized carbons (Fsp3) is 0.556. The summed E-state index contributed by atoms with van der Waals surface area (Å²) in [5.41, 5.74) is 0.980. The van der Waals surface area contributed by atoms with Crippen molar-refractivity contribution in [3.63, 3.8) is 0 Å². The smallest absolute Gasteiger partial charge is 0.225 e. The van der Waals surface area contributed by atoms with E-state index in [4.69, 9.17) is 12.2 Å². The lowest BCUT2D eigenvalue weighted by Gasteiger charge is -2.19. The van der Waals surface area contributed by atoms with E-state index in [0.29, 0.717) is 24.7 Å². The third-order valence-corrected chi connectivity index (χ3v) is 4.80. The number of nitrogens with one attached hydrogen (secondary N) is 2. The van der Waals surface area contributed by atoms with E-state index in [9.17, 15) is 9.18 Å². The van der Waals surface area contributed by atoms with Gasteiger partial charge in [0.1, 0.15) is 5.82 Å². The van der Waals surface area contributed by atoms with Gasteiger partial charge in [-0.3, -0.25) is 4.79 Å². The lowest BCUT2D eigenvalue weighted by Crippen LogP contribution is -2.39. The second-order valence-corrected chi connectivity index (χ2v) is 6.54. The highest BCUT2D eigenvalue weighted by atomic mass is 32.1. The third kappa shape index (κ3) is 4.66. The van der Waals surface area contributed by atoms with Crippen molar-refractivity contribution in [2.45, 2.75) is 32.6 Å². The quantitative estimate of drug-likeness (QED) is 0.611. The molecule has 24 heavy (non-hydrogen) atoms. The van der Waals surface area contributed by atoms with Gasteiger partial charge in [-0.05, 0) is 43.3 Å². The average Bonchev–Trinajstić information content (AvgIpc) is 3.01. The summed E-state index contributed by atoms with van der Waals surface area (Å²) < 4.78 is 13.2. The maximum atomic E-state index is 13.2. The molecule has 1 heterocycles. The SMILES string of the molecule is CCCCNC(=O)[C@H]1CN(C(=S)NCC)C[C@@H]1c1ccc(F)cc1. The summed E-state index contributed by atoms with van der Waals surface area (Å²) in [7, 11) is 0. The molecule has 1 aromatic rings. The number of rotatable bonds is 6. The van der Waals surface area contributed by atoms with Crippen LogP contribution in [0.4, 0.5) is 4.39 Å². The Labute approximate surface area is 148 Å². The molecule has 1 aromatic carbocycles. The van der Waals surface area contributed by atoms with Crippen LogP contribution in [-0.2, 0) is 4.79 Å². The minimum atomic E-state index is -0.263. The Balaban J connectivity index is 2.14. The van der Waals surface area contributed by atoms with Gasteiger partial charge in [-0.15, -0.1) is 0 Å². The largest absolute Gasteiger partial charge is 0.363 e. The summed E-state index contributed by atoms with van der Waals surface area (Å²) in [4.78, 5) is 14.7. The van der Waals surface area contributed by atoms with E-state index < -0.39 is 0 Å². The molecule has 0 radical (unpaired) electrons. The van der Waals surface area contributed by atoms with Crippen molar-refractivity contribution in [2.75, 3.05) is 26.2 Å². The van der Waals surface area contributed by atoms with Gasteiger partial charge in [0.15, 0.2) is 5.11 Å². The molecule has 0 bridgehead atoms. The summed E-state index contributed by atoms with van der Waals surface area (Å²) in [6.45, 7) is 6.80. The minimum Gasteiger partial charge on any atom is -0.363 e. The van der Waals surface area contributed by atoms with Gasteiger partial charge >= 0.3 is 0 Å². The number of thiocarbonyl (C=S) groups is 1. The first-order valence-corrected chi connectivity index (χ1v) is 9.03. The second-order valence-electron chi connectivity index (χ2n) is 6.15. The van der Waals surface area contributed by atoms with Crippen molar-refractivity contribution in [3.8, 4) is 0 Å². The van der Waals surface area contributed by atoms with Crippen LogP contribution < -0.4 is 10.6 Å². The number of carbonyl (C=O) groups excluding carboxylic acids is 1. The van der Waals surface area contributed by atoms with E-state index in [-0.39, 0.29) is 23.6 Å². The topological polar surface area (TPSA) is 44.4 Å². The van der Waals surface area contributed by atoms with Crippen LogP contribution >= 0.6 is 12.2 Å². The van der Waals surface area contributed by atoms with Gasteiger partial charge in [0.05, 0.1) is 5.92 Å². The number of nitrogens with zero attached hydrogens (tertiary/aromatic N) is 1. The van der Waals surface area contributed by atoms with E-state index in [1.807, 2.05) is 11.8 Å². The molecule has 132 valence electrons. The standard InChI is InChI=1S/C18H26FN3OS/c1-3-5-10-21-17(23)16-12-22(18(24)20-4-2)11-15(16)13-6-8-14(19)9-7-13/h6-9,15-16H,3-5,10-12H2,1-2H3,(H,20,24)(H,21,23)/t15-,16+/m1/s1. The fourth-order valence-electron chi connectivity index (χ4n) is 3.07. The van der Waals surface area contributed by atoms with E-state index in [0.717, 1.165) is 24.9 Å². The highest BCUT2D eigenvalue weighted by molar-refractivity contribution is 7.80. The van der Waals surface area contributed by atoms with Crippen LogP contribution in [0.15, 0.2) is 24.3 Å². The van der Waals surface area contributed by atoms with Gasteiger partial charge in [0.25, 0.3) is 0 Å². The molecule has 1 aliphatic heterocycles. The van der Waals surface area contributed by atoms with Gasteiger partial charge in [0, 0.05) is 32.1 Å². The first kappa shape index (κ1) is 18.6. The highest BCUT2D eigenvalue weighted by Gasteiger charge is 2.39. The van der Waals surface area contributed by atoms with Crippen LogP contribution in [-0.4, -0.2) is 42.1 Å². The number of unbranched alkanes of at least 4 members (excludes halogenated alkanes) is 1. The van der Waals surface area contributed by atoms with Crippen LogP contribution in [0.2, 0.25) is 0 Å². The van der Waals surface area contributed by atoms with Crippen molar-refractivity contribution in [3.05, 3.63) is 35.6 Å². The zero-order valence-corrected chi connectivity index (χ0v) is 15.2. The van der Waals surface area contributed by atoms with Crippen molar-refractivity contribution in [1.82, 2.24) is 15.5 Å². The molecule has 4 nitrogen and oxygen atoms in total. The molecule has 6 heteroatoms. The van der Waals surface area contributed by atoms with Gasteiger partial charge in [-0.25, -0.2) is 4.39 Å². The maximum Gasteiger partial charge on any atom is 0.225 e. The summed E-state index contributed by atoms with van der Waals surface area (Å²) in [5.74, 6) is -0.368. The number of carbonyl (C=O) groups is 1. The Bertz CT molecular complexity index is 564. The van der Waals surface area contributed by atoms with E-state index >= 15 is 0 Å². The van der Waals surface area contributed by atoms with Crippen LogP contribution in [0.5, 0.6) is 0 Å². The van der Waals surface area contributed by atoms with Gasteiger partial charge in [0.2, 0.25) is 5.91 Å². The number of benzene rings is 1. The van der Waals surface area contributed by atoms with Crippen LogP contribution in [0.25, 0.3) is 0 Å². The lowest BCUT2D eigenvalue weighted by atomic mass is 9.88. The highest BCUT2D eigenvalue weighted by Crippen LogP contribution is 2.33. The van der Waals surface area contributed by atoms with Gasteiger partial charge < -0.3 is 15.5 Å². The lowest BCUT2D eigenvalue weighted by molar-refractivity contribution is -0.124. The molecule has 1 aliphatic rings. The molecule has 2 rings (SSSR count). The van der Waals surface area contributed by atoms with Crippen molar-refractivity contribution in [1.29, 1.82) is 0 Å². The summed E-state index contributed by atoms with van der Waals surface area (Å²) >= 11 is 5.41. The first-order valence-electron chi connectivity index (χ1n) is 8.62. The zero-order chi connectivity index (χ0) is 17.5. The molecule has 2 atom stereocenters. The first-order chi connectivity index (χ1) is 11.6. The molecule has 0 spiro atoms. The number of halogens is 1. The summed E-state index contributed by atoms with van der Waals surface area (Å²) in [6.07, 6.45) is 2.02. The third-order valence-electron chi connectivity index (χ3n) is 4.40. The monoisotopic (exact) mass is 351 g/mol. The summed E-state index contributed by atoms with van der Waals surface area (Å²) in [5, 5.41) is 6.85. The predicted octanol–water partition coefficient (Wildman–Crippen LogP) is 2.65. The molecule has 2 N–H and O–H groups in total. The summed E-state index contributed by atoms with van der Waals surface area (Å²) in [6, 6.07) is 6.44. The molecular weight excluding hydrogens is 325 g/mol. The van der Waals surface area contributed by atoms with Crippen LogP contribution in [0.1, 0.15) is 38.2 Å². The van der Waals surface area contributed by atoms with Crippen molar-refractivity contribution >= 4 is 23.2 Å². The van der Waals surface area contributed by atoms with E-state index in [2.05, 4.69) is 17.6 Å². The molecule has 0 aromatic heterocycles. The second kappa shape index (κ2) is 8.97. The molecule has 1 fully saturated rings. The fourth-order valence-corrected chi connectivity index (χ4v) is 3.36. The Kier molecular flexibility index (Phi) is 6.97. The maximum absolute atomic E-state index is 13.2. The number of likely N-dealkylation sites (tertiary alicyclic amines) is 1. The molecule has 0 unspecified atom stereocenters. The van der Waals surface area contributed by atoms with E-state index in [1.54, 1.807) is 12.1 Å². The van der Waals surface area contributed by atoms with Crippen LogP contribution in [0, 0.1) is 11.7 Å². The van der Waals surface area contributed by atoms with Crippen molar-refractivity contribution < 1.29 is 9.18 Å². The predicted molar refractivity (Wildman–Crippen MR) is 98.4 cm³/mol. The average molecular weight is 351 g/mol. The van der Waals surface area contributed by atoms with Gasteiger partial charge in [-0.1, -0.05) is 25.5 Å². The number of amides is 1. The Morgan fingerprint density at radius 3 is 2.58 bits per heavy atom. The molecule has 1 amide bonds. The Hall–Kier alpha value is -1.69. The molecule has 1 saturated heterocycles. The normalized spacial score (nSPS) is 20.0. The van der Waals surface area contributed by atoms with Crippen molar-refractivity contribution in [2.24, 2.45) is 5.92 Å². The zero-order valence-electron chi connectivity index (χ0n) is 14.3.